The Hall–Kier alpha value is -3.16. The minimum Gasteiger partial charge on any atom is -0.481 e. The number of carbonyl (C=O) groups is 3. The molecule has 0 unspecified atom stereocenters. The van der Waals surface area contributed by atoms with Crippen molar-refractivity contribution in [3.8, 4) is 5.69 Å². The maximum atomic E-state index is 12.9. The number of likely N-dealkylation sites (tertiary alicyclic amines) is 1. The number of hydrogen-bond donors (Lipinski definition) is 2. The number of primary amides is 1. The van der Waals surface area contributed by atoms with E-state index in [0.717, 1.165) is 12.8 Å². The number of hydrogen-bond acceptors (Lipinski definition) is 4. The first-order valence-corrected chi connectivity index (χ1v) is 8.93. The van der Waals surface area contributed by atoms with Crippen LogP contribution in [0, 0.1) is 17.8 Å². The van der Waals surface area contributed by atoms with Crippen LogP contribution in [-0.2, 0) is 4.79 Å². The SMILES string of the molecule is NC(=O)c1cc(C(=O)N2C[C@H](C(=O)O)[C@@H](C3CC3)C2)nn1-c1ccccc1. The summed E-state index contributed by atoms with van der Waals surface area (Å²) in [4.78, 5) is 37.8. The van der Waals surface area contributed by atoms with Crippen LogP contribution in [0.4, 0.5) is 0 Å². The maximum Gasteiger partial charge on any atom is 0.308 e. The molecule has 1 aliphatic heterocycles. The predicted molar refractivity (Wildman–Crippen MR) is 95.3 cm³/mol. The molecule has 1 saturated carbocycles. The van der Waals surface area contributed by atoms with Crippen molar-refractivity contribution in [1.29, 1.82) is 0 Å². The van der Waals surface area contributed by atoms with Crippen LogP contribution in [0.25, 0.3) is 5.69 Å². The molecule has 140 valence electrons. The predicted octanol–water partition coefficient (Wildman–Crippen LogP) is 1.15. The van der Waals surface area contributed by atoms with Crippen molar-refractivity contribution in [2.45, 2.75) is 12.8 Å². The van der Waals surface area contributed by atoms with Crippen LogP contribution >= 0.6 is 0 Å². The Morgan fingerprint density at radius 3 is 2.41 bits per heavy atom. The summed E-state index contributed by atoms with van der Waals surface area (Å²) in [5.41, 5.74) is 6.26. The van der Waals surface area contributed by atoms with E-state index in [1.807, 2.05) is 6.07 Å². The van der Waals surface area contributed by atoms with Gasteiger partial charge in [-0.3, -0.25) is 14.4 Å². The average Bonchev–Trinajstić information content (AvgIpc) is 3.24. The Balaban J connectivity index is 1.63. The molecular weight excluding hydrogens is 348 g/mol. The lowest BCUT2D eigenvalue weighted by molar-refractivity contribution is -0.142. The van der Waals surface area contributed by atoms with Gasteiger partial charge >= 0.3 is 5.97 Å². The molecule has 3 N–H and O–H groups in total. The molecule has 0 radical (unpaired) electrons. The summed E-state index contributed by atoms with van der Waals surface area (Å²) in [5.74, 6) is -2.11. The fourth-order valence-electron chi connectivity index (χ4n) is 3.85. The monoisotopic (exact) mass is 368 g/mol. The van der Waals surface area contributed by atoms with Gasteiger partial charge in [0.1, 0.15) is 5.69 Å². The van der Waals surface area contributed by atoms with E-state index >= 15 is 0 Å². The summed E-state index contributed by atoms with van der Waals surface area (Å²) in [7, 11) is 0. The Labute approximate surface area is 155 Å². The van der Waals surface area contributed by atoms with E-state index in [0.29, 0.717) is 18.2 Å². The number of benzene rings is 1. The molecule has 2 heterocycles. The summed E-state index contributed by atoms with van der Waals surface area (Å²) >= 11 is 0. The third-order valence-electron chi connectivity index (χ3n) is 5.38. The molecule has 0 spiro atoms. The van der Waals surface area contributed by atoms with E-state index in [2.05, 4.69) is 5.10 Å². The zero-order chi connectivity index (χ0) is 19.1. The van der Waals surface area contributed by atoms with Crippen LogP contribution < -0.4 is 5.73 Å². The van der Waals surface area contributed by atoms with Gasteiger partial charge in [-0.15, -0.1) is 0 Å². The van der Waals surface area contributed by atoms with Crippen molar-refractivity contribution in [3.63, 3.8) is 0 Å². The van der Waals surface area contributed by atoms with Crippen LogP contribution in [0.5, 0.6) is 0 Å². The van der Waals surface area contributed by atoms with Crippen LogP contribution in [0.15, 0.2) is 36.4 Å². The lowest BCUT2D eigenvalue weighted by Crippen LogP contribution is -2.30. The van der Waals surface area contributed by atoms with Gasteiger partial charge in [0, 0.05) is 19.2 Å². The molecule has 2 aromatic rings. The molecule has 4 rings (SSSR count). The molecule has 8 heteroatoms. The minimum absolute atomic E-state index is 0.0155. The van der Waals surface area contributed by atoms with Crippen LogP contribution in [0.2, 0.25) is 0 Å². The van der Waals surface area contributed by atoms with Gasteiger partial charge < -0.3 is 15.7 Å². The number of carboxylic acid groups (broad SMARTS) is 1. The van der Waals surface area contributed by atoms with E-state index in [1.54, 1.807) is 24.3 Å². The van der Waals surface area contributed by atoms with Gasteiger partial charge in [-0.1, -0.05) is 18.2 Å². The maximum absolute atomic E-state index is 12.9. The topological polar surface area (TPSA) is 119 Å². The summed E-state index contributed by atoms with van der Waals surface area (Å²) < 4.78 is 1.35. The fourth-order valence-corrected chi connectivity index (χ4v) is 3.85. The number of para-hydroxylation sites is 1. The fraction of sp³-hybridized carbons (Fsp3) is 0.368. The lowest BCUT2D eigenvalue weighted by Gasteiger charge is -2.14. The van der Waals surface area contributed by atoms with E-state index in [4.69, 9.17) is 5.73 Å². The van der Waals surface area contributed by atoms with Crippen LogP contribution in [0.1, 0.15) is 33.8 Å². The summed E-state index contributed by atoms with van der Waals surface area (Å²) in [6, 6.07) is 10.3. The highest BCUT2D eigenvalue weighted by Gasteiger charge is 2.47. The Bertz CT molecular complexity index is 904. The highest BCUT2D eigenvalue weighted by atomic mass is 16.4. The molecule has 1 aliphatic carbocycles. The van der Waals surface area contributed by atoms with Crippen molar-refractivity contribution in [2.24, 2.45) is 23.5 Å². The minimum atomic E-state index is -0.866. The zero-order valence-electron chi connectivity index (χ0n) is 14.6. The second-order valence-electron chi connectivity index (χ2n) is 7.18. The number of carboxylic acids is 1. The van der Waals surface area contributed by atoms with Gasteiger partial charge in [-0.25, -0.2) is 4.68 Å². The standard InChI is InChI=1S/C19H20N4O4/c20-17(24)16-8-15(21-23(16)12-4-2-1-3-5-12)18(25)22-9-13(11-6-7-11)14(10-22)19(26)27/h1-5,8,11,13-14H,6-7,9-10H2,(H2,20,24)(H,26,27)/t13-,14+/m1/s1. The first kappa shape index (κ1) is 17.3. The van der Waals surface area contributed by atoms with Crippen molar-refractivity contribution in [1.82, 2.24) is 14.7 Å². The van der Waals surface area contributed by atoms with Gasteiger partial charge in [0.25, 0.3) is 11.8 Å². The molecule has 1 saturated heterocycles. The van der Waals surface area contributed by atoms with Crippen molar-refractivity contribution < 1.29 is 19.5 Å². The first-order valence-electron chi connectivity index (χ1n) is 8.93. The Kier molecular flexibility index (Phi) is 4.18. The molecule has 2 atom stereocenters. The molecule has 2 aliphatic rings. The Morgan fingerprint density at radius 1 is 1.11 bits per heavy atom. The number of nitrogens with zero attached hydrogens (tertiary/aromatic N) is 3. The van der Waals surface area contributed by atoms with Crippen molar-refractivity contribution >= 4 is 17.8 Å². The van der Waals surface area contributed by atoms with Gasteiger partial charge in [0.15, 0.2) is 5.69 Å². The molecule has 1 aromatic carbocycles. The summed E-state index contributed by atoms with van der Waals surface area (Å²) in [6.45, 7) is 0.573. The second kappa shape index (κ2) is 6.53. The number of aromatic nitrogens is 2. The molecule has 2 fully saturated rings. The first-order chi connectivity index (χ1) is 13.0. The van der Waals surface area contributed by atoms with E-state index in [-0.39, 0.29) is 29.8 Å². The number of rotatable bonds is 5. The van der Waals surface area contributed by atoms with Gasteiger partial charge in [0.2, 0.25) is 0 Å². The molecule has 0 bridgehead atoms. The van der Waals surface area contributed by atoms with Crippen molar-refractivity contribution in [3.05, 3.63) is 47.8 Å². The third kappa shape index (κ3) is 3.18. The smallest absolute Gasteiger partial charge is 0.308 e. The van der Waals surface area contributed by atoms with E-state index < -0.39 is 17.8 Å². The Morgan fingerprint density at radius 2 is 1.81 bits per heavy atom. The van der Waals surface area contributed by atoms with Crippen molar-refractivity contribution in [2.75, 3.05) is 13.1 Å². The van der Waals surface area contributed by atoms with E-state index in [1.165, 1.54) is 15.6 Å². The zero-order valence-corrected chi connectivity index (χ0v) is 14.6. The normalized spacial score (nSPS) is 22.0. The molecule has 2 amide bonds. The number of nitrogens with two attached hydrogens (primary N) is 1. The van der Waals surface area contributed by atoms with Crippen LogP contribution in [0.3, 0.4) is 0 Å². The molecule has 1 aromatic heterocycles. The molecule has 8 nitrogen and oxygen atoms in total. The summed E-state index contributed by atoms with van der Waals surface area (Å²) in [6.07, 6.45) is 2.04. The van der Waals surface area contributed by atoms with E-state index in [9.17, 15) is 19.5 Å². The summed E-state index contributed by atoms with van der Waals surface area (Å²) in [5, 5.41) is 13.8. The lowest BCUT2D eigenvalue weighted by atomic mass is 9.92. The van der Waals surface area contributed by atoms with Gasteiger partial charge in [-0.05, 0) is 36.8 Å². The molecule has 27 heavy (non-hydrogen) atoms. The van der Waals surface area contributed by atoms with Crippen LogP contribution in [-0.4, -0.2) is 50.7 Å². The average molecular weight is 368 g/mol. The van der Waals surface area contributed by atoms with Gasteiger partial charge in [-0.2, -0.15) is 5.10 Å². The highest BCUT2D eigenvalue weighted by molar-refractivity contribution is 5.98. The van der Waals surface area contributed by atoms with Gasteiger partial charge in [0.05, 0.1) is 11.6 Å². The number of carbonyl (C=O) groups excluding carboxylic acids is 2. The third-order valence-corrected chi connectivity index (χ3v) is 5.38. The largest absolute Gasteiger partial charge is 0.481 e. The molecular formula is C19H20N4O4. The quantitative estimate of drug-likeness (QED) is 0.821. The second-order valence-corrected chi connectivity index (χ2v) is 7.18. The highest BCUT2D eigenvalue weighted by Crippen LogP contribution is 2.44. The number of amides is 2. The number of aliphatic carboxylic acids is 1.